The highest BCUT2D eigenvalue weighted by Gasteiger charge is 2.19. The van der Waals surface area contributed by atoms with E-state index in [0.717, 1.165) is 43.3 Å². The van der Waals surface area contributed by atoms with E-state index in [2.05, 4.69) is 114 Å². The molecule has 0 bridgehead atoms. The molecule has 0 amide bonds. The van der Waals surface area contributed by atoms with Crippen molar-refractivity contribution in [3.63, 3.8) is 0 Å². The lowest BCUT2D eigenvalue weighted by molar-refractivity contribution is 0.670. The monoisotopic (exact) mass is 629 g/mol. The Bertz CT molecular complexity index is 1540. The summed E-state index contributed by atoms with van der Waals surface area (Å²) in [5, 5.41) is 0. The summed E-state index contributed by atoms with van der Waals surface area (Å²) in [5.74, 6) is 0. The van der Waals surface area contributed by atoms with Crippen LogP contribution in [-0.4, -0.2) is 6.04 Å². The average Bonchev–Trinajstić information content (AvgIpc) is 3.06. The lowest BCUT2D eigenvalue weighted by atomic mass is 9.82. The van der Waals surface area contributed by atoms with Crippen LogP contribution in [0.15, 0.2) is 78.9 Å². The Morgan fingerprint density at radius 3 is 2.19 bits per heavy atom. The van der Waals surface area contributed by atoms with Crippen molar-refractivity contribution >= 4 is 22.8 Å². The molecule has 4 rings (SSSR count). The fraction of sp³-hybridized carbons (Fsp3) is 0.435. The van der Waals surface area contributed by atoms with Crippen molar-refractivity contribution in [2.24, 2.45) is 5.73 Å². The molecular weight excluding hydrogens is 567 g/mol. The highest BCUT2D eigenvalue weighted by atomic mass is 14.6. The molecule has 1 saturated carbocycles. The summed E-state index contributed by atoms with van der Waals surface area (Å²) in [7, 11) is 0. The Morgan fingerprint density at radius 1 is 0.872 bits per heavy atom. The molecule has 1 atom stereocenters. The van der Waals surface area contributed by atoms with Crippen LogP contribution in [0, 0.1) is 13.8 Å². The second kappa shape index (κ2) is 19.4. The summed E-state index contributed by atoms with van der Waals surface area (Å²) >= 11 is 0. The van der Waals surface area contributed by atoms with Crippen molar-refractivity contribution in [3.8, 4) is 11.1 Å². The van der Waals surface area contributed by atoms with E-state index >= 15 is 0 Å². The first-order valence-corrected chi connectivity index (χ1v) is 18.7. The van der Waals surface area contributed by atoms with Gasteiger partial charge in [0, 0.05) is 6.04 Å². The van der Waals surface area contributed by atoms with Gasteiger partial charge in [0.2, 0.25) is 0 Å². The van der Waals surface area contributed by atoms with Crippen LogP contribution in [0.25, 0.3) is 33.9 Å². The Kier molecular flexibility index (Phi) is 15.7. The third-order valence-electron chi connectivity index (χ3n) is 9.49. The summed E-state index contributed by atoms with van der Waals surface area (Å²) in [6, 6.07) is 20.7. The number of unbranched alkanes of at least 4 members (excludes halogenated alkanes) is 2. The molecule has 1 aliphatic rings. The maximum atomic E-state index is 6.73. The molecule has 0 aromatic heterocycles. The van der Waals surface area contributed by atoms with Gasteiger partial charge < -0.3 is 5.73 Å². The Balaban J connectivity index is 0.00000294. The Labute approximate surface area is 288 Å². The molecule has 0 radical (unpaired) electrons. The first kappa shape index (κ1) is 38.0. The SMILES string of the molecule is C=C(/C(=C\C(N)CCC)c1cc(C)c(C=C2CCC2)c(-c2ccc(/C(=C/CCCC)CCC)cc2)c1)c1cccc(C)c1CC.CC. The van der Waals surface area contributed by atoms with E-state index in [1.165, 1.54) is 94.2 Å². The van der Waals surface area contributed by atoms with Gasteiger partial charge in [-0.1, -0.05) is 146 Å². The van der Waals surface area contributed by atoms with Crippen LogP contribution in [-0.2, 0) is 6.42 Å². The van der Waals surface area contributed by atoms with Crippen molar-refractivity contribution in [1.82, 2.24) is 0 Å². The molecule has 1 fully saturated rings. The van der Waals surface area contributed by atoms with Crippen molar-refractivity contribution in [2.45, 2.75) is 132 Å². The van der Waals surface area contributed by atoms with E-state index in [0.29, 0.717) is 0 Å². The van der Waals surface area contributed by atoms with E-state index < -0.39 is 0 Å². The summed E-state index contributed by atoms with van der Waals surface area (Å²) in [6.07, 6.45) is 19.9. The second-order valence-electron chi connectivity index (χ2n) is 13.1. The van der Waals surface area contributed by atoms with Crippen molar-refractivity contribution in [3.05, 3.63) is 118 Å². The van der Waals surface area contributed by atoms with E-state index in [9.17, 15) is 0 Å². The van der Waals surface area contributed by atoms with Gasteiger partial charge in [0.25, 0.3) is 0 Å². The smallest absolute Gasteiger partial charge is 0.0232 e. The van der Waals surface area contributed by atoms with E-state index in [4.69, 9.17) is 12.3 Å². The Hall–Kier alpha value is -3.42. The van der Waals surface area contributed by atoms with E-state index in [1.54, 1.807) is 5.57 Å². The minimum atomic E-state index is -0.0204. The topological polar surface area (TPSA) is 26.0 Å². The molecule has 2 N–H and O–H groups in total. The normalized spacial score (nSPS) is 13.9. The van der Waals surface area contributed by atoms with Gasteiger partial charge in [-0.25, -0.2) is 0 Å². The second-order valence-corrected chi connectivity index (χ2v) is 13.1. The molecule has 1 heteroatoms. The number of allylic oxidation sites excluding steroid dienone is 5. The highest BCUT2D eigenvalue weighted by Crippen LogP contribution is 2.40. The van der Waals surface area contributed by atoms with Crippen LogP contribution in [0.4, 0.5) is 0 Å². The molecule has 1 aliphatic carbocycles. The van der Waals surface area contributed by atoms with Gasteiger partial charge in [-0.15, -0.1) is 0 Å². The van der Waals surface area contributed by atoms with Crippen LogP contribution in [0.3, 0.4) is 0 Å². The molecule has 0 heterocycles. The standard InChI is InChI=1S/C44H57N.C2H6/c1-8-12-13-21-35(16-9-2)36-23-25-37(26-24-36)44-29-38(27-32(6)42(44)28-34-19-15-20-34)43(30-39(45)17-10-3)33(7)41-22-14-18-31(5)40(41)11-4;1-2/h14,18,21-30,39H,7-13,15-17,19-20,45H2,1-6H3;1-2H3/b35-21+,43-30+;. The summed E-state index contributed by atoms with van der Waals surface area (Å²) in [5.41, 5.74) is 23.7. The minimum absolute atomic E-state index is 0.0204. The molecule has 1 nitrogen and oxygen atoms in total. The van der Waals surface area contributed by atoms with E-state index in [-0.39, 0.29) is 6.04 Å². The predicted octanol–water partition coefficient (Wildman–Crippen LogP) is 13.7. The molecule has 1 unspecified atom stereocenters. The number of nitrogens with two attached hydrogens (primary N) is 1. The van der Waals surface area contributed by atoms with Crippen molar-refractivity contribution < 1.29 is 0 Å². The highest BCUT2D eigenvalue weighted by molar-refractivity contribution is 6.06. The number of hydrogen-bond donors (Lipinski definition) is 1. The maximum Gasteiger partial charge on any atom is 0.0232 e. The molecule has 3 aromatic carbocycles. The summed E-state index contributed by atoms with van der Waals surface area (Å²) < 4.78 is 0. The number of benzene rings is 3. The molecular formula is C46H63N. The molecule has 3 aromatic rings. The first-order chi connectivity index (χ1) is 22.8. The zero-order valence-corrected chi connectivity index (χ0v) is 31.1. The molecule has 0 aliphatic heterocycles. The van der Waals surface area contributed by atoms with Crippen molar-refractivity contribution in [2.75, 3.05) is 0 Å². The molecule has 0 spiro atoms. The number of aryl methyl sites for hydroxylation is 2. The van der Waals surface area contributed by atoms with Crippen LogP contribution >= 0.6 is 0 Å². The summed E-state index contributed by atoms with van der Waals surface area (Å²) in [4.78, 5) is 0. The van der Waals surface area contributed by atoms with Crippen LogP contribution in [0.5, 0.6) is 0 Å². The van der Waals surface area contributed by atoms with Gasteiger partial charge >= 0.3 is 0 Å². The zero-order chi connectivity index (χ0) is 34.3. The quantitative estimate of drug-likeness (QED) is 0.131. The van der Waals surface area contributed by atoms with Crippen LogP contribution in [0.2, 0.25) is 0 Å². The van der Waals surface area contributed by atoms with Crippen LogP contribution < -0.4 is 5.73 Å². The first-order valence-electron chi connectivity index (χ1n) is 18.7. The van der Waals surface area contributed by atoms with Gasteiger partial charge in [-0.2, -0.15) is 0 Å². The number of hydrogen-bond acceptors (Lipinski definition) is 1. The molecule has 47 heavy (non-hydrogen) atoms. The van der Waals surface area contributed by atoms with Gasteiger partial charge in [-0.3, -0.25) is 0 Å². The van der Waals surface area contributed by atoms with Gasteiger partial charge in [0.05, 0.1) is 0 Å². The van der Waals surface area contributed by atoms with Crippen LogP contribution in [0.1, 0.15) is 145 Å². The largest absolute Gasteiger partial charge is 0.324 e. The molecule has 252 valence electrons. The van der Waals surface area contributed by atoms with Gasteiger partial charge in [-0.05, 0) is 132 Å². The fourth-order valence-corrected chi connectivity index (χ4v) is 6.69. The third kappa shape index (κ3) is 10.0. The van der Waals surface area contributed by atoms with Gasteiger partial charge in [0.15, 0.2) is 0 Å². The fourth-order valence-electron chi connectivity index (χ4n) is 6.69. The average molecular weight is 630 g/mol. The lowest BCUT2D eigenvalue weighted by Crippen LogP contribution is -2.17. The maximum absolute atomic E-state index is 6.73. The number of rotatable bonds is 15. The van der Waals surface area contributed by atoms with E-state index in [1.807, 2.05) is 13.8 Å². The predicted molar refractivity (Wildman–Crippen MR) is 213 cm³/mol. The third-order valence-corrected chi connectivity index (χ3v) is 9.49. The van der Waals surface area contributed by atoms with Gasteiger partial charge in [0.1, 0.15) is 0 Å². The van der Waals surface area contributed by atoms with Crippen molar-refractivity contribution in [1.29, 1.82) is 0 Å². The Morgan fingerprint density at radius 2 is 1.60 bits per heavy atom. The zero-order valence-electron chi connectivity index (χ0n) is 31.1. The molecule has 0 saturated heterocycles. The summed E-state index contributed by atoms with van der Waals surface area (Å²) in [6.45, 7) is 22.2. The minimum Gasteiger partial charge on any atom is -0.324 e. The lowest BCUT2D eigenvalue weighted by Gasteiger charge is -2.22.